The molecule has 5 heteroatoms. The molecule has 23 heavy (non-hydrogen) atoms. The highest BCUT2D eigenvalue weighted by molar-refractivity contribution is 7.19. The number of pyridine rings is 1. The molecule has 3 nitrogen and oxygen atoms in total. The molecule has 0 aliphatic rings. The topological polar surface area (TPSA) is 38.7 Å². The normalized spacial score (nSPS) is 10.8. The Morgan fingerprint density at radius 2 is 1.57 bits per heavy atom. The van der Waals surface area contributed by atoms with Crippen LogP contribution in [0.3, 0.4) is 0 Å². The van der Waals surface area contributed by atoms with Gasteiger partial charge in [0.25, 0.3) is 0 Å². The number of benzene rings is 1. The van der Waals surface area contributed by atoms with Crippen LogP contribution in [0.5, 0.6) is 0 Å². The second-order valence-corrected chi connectivity index (χ2v) is 6.93. The molecule has 3 heterocycles. The predicted molar refractivity (Wildman–Crippen MR) is 96.6 cm³/mol. The van der Waals surface area contributed by atoms with Crippen LogP contribution < -0.4 is 0 Å². The zero-order chi connectivity index (χ0) is 15.6. The second-order valence-electron chi connectivity index (χ2n) is 5.07. The number of hydrogen-bond donors (Lipinski definition) is 0. The van der Waals surface area contributed by atoms with Crippen molar-refractivity contribution in [1.82, 2.24) is 15.0 Å². The van der Waals surface area contributed by atoms with Crippen molar-refractivity contribution in [2.45, 2.75) is 6.92 Å². The van der Waals surface area contributed by atoms with Gasteiger partial charge in [-0.05, 0) is 19.1 Å². The largest absolute Gasteiger partial charge is 0.265 e. The minimum Gasteiger partial charge on any atom is -0.265 e. The molecule has 0 saturated carbocycles. The van der Waals surface area contributed by atoms with E-state index in [1.165, 1.54) is 0 Å². The Balaban J connectivity index is 1.72. The fourth-order valence-electron chi connectivity index (χ4n) is 2.34. The van der Waals surface area contributed by atoms with Crippen LogP contribution >= 0.6 is 22.7 Å². The van der Waals surface area contributed by atoms with Gasteiger partial charge in [0.05, 0.1) is 16.3 Å². The summed E-state index contributed by atoms with van der Waals surface area (Å²) in [6.45, 7) is 2.05. The van der Waals surface area contributed by atoms with Gasteiger partial charge in [-0.1, -0.05) is 30.3 Å². The van der Waals surface area contributed by atoms with E-state index in [9.17, 15) is 0 Å². The van der Waals surface area contributed by atoms with E-state index < -0.39 is 0 Å². The van der Waals surface area contributed by atoms with Crippen LogP contribution in [0.15, 0.2) is 60.2 Å². The van der Waals surface area contributed by atoms with Gasteiger partial charge in [-0.3, -0.25) is 4.98 Å². The van der Waals surface area contributed by atoms with Gasteiger partial charge in [-0.25, -0.2) is 9.97 Å². The van der Waals surface area contributed by atoms with E-state index in [0.717, 1.165) is 37.4 Å². The van der Waals surface area contributed by atoms with E-state index in [1.807, 2.05) is 37.3 Å². The number of thiazole rings is 2. The van der Waals surface area contributed by atoms with Gasteiger partial charge in [0.2, 0.25) is 0 Å². The van der Waals surface area contributed by atoms with Crippen molar-refractivity contribution in [3.05, 3.63) is 65.9 Å². The molecule has 0 amide bonds. The van der Waals surface area contributed by atoms with Crippen molar-refractivity contribution in [3.63, 3.8) is 0 Å². The van der Waals surface area contributed by atoms with Gasteiger partial charge in [-0.2, -0.15) is 0 Å². The summed E-state index contributed by atoms with van der Waals surface area (Å²) in [5.41, 5.74) is 4.28. The third kappa shape index (κ3) is 2.81. The lowest BCUT2D eigenvalue weighted by atomic mass is 10.2. The summed E-state index contributed by atoms with van der Waals surface area (Å²) < 4.78 is 0. The van der Waals surface area contributed by atoms with E-state index in [0.29, 0.717) is 0 Å². The van der Waals surface area contributed by atoms with Gasteiger partial charge in [-0.15, -0.1) is 22.7 Å². The molecule has 4 aromatic rings. The predicted octanol–water partition coefficient (Wildman–Crippen LogP) is 5.30. The first kappa shape index (κ1) is 14.2. The highest BCUT2D eigenvalue weighted by Gasteiger charge is 2.14. The van der Waals surface area contributed by atoms with Crippen LogP contribution in [0.2, 0.25) is 0 Å². The van der Waals surface area contributed by atoms with Crippen LogP contribution in [-0.4, -0.2) is 15.0 Å². The summed E-state index contributed by atoms with van der Waals surface area (Å²) in [7, 11) is 0. The zero-order valence-corrected chi connectivity index (χ0v) is 14.1. The smallest absolute Gasteiger partial charge is 0.124 e. The molecule has 0 bridgehead atoms. The Morgan fingerprint density at radius 3 is 2.35 bits per heavy atom. The first-order chi connectivity index (χ1) is 11.3. The number of nitrogens with zero attached hydrogens (tertiary/aromatic N) is 3. The molecule has 1 aromatic carbocycles. The highest BCUT2D eigenvalue weighted by Crippen LogP contribution is 2.37. The Hall–Kier alpha value is -2.37. The fraction of sp³-hybridized carbons (Fsp3) is 0.0556. The molecule has 4 rings (SSSR count). The van der Waals surface area contributed by atoms with Gasteiger partial charge in [0, 0.05) is 28.9 Å². The van der Waals surface area contributed by atoms with E-state index in [-0.39, 0.29) is 0 Å². The third-order valence-electron chi connectivity index (χ3n) is 3.48. The molecule has 0 radical (unpaired) electrons. The van der Waals surface area contributed by atoms with Crippen LogP contribution in [0.4, 0.5) is 0 Å². The van der Waals surface area contributed by atoms with Crippen molar-refractivity contribution < 1.29 is 0 Å². The first-order valence-electron chi connectivity index (χ1n) is 7.20. The molecule has 112 valence electrons. The standard InChI is InChI=1S/C18H13N3S2/c1-12-16(23-18(20-12)13-5-3-2-4-6-13)15-11-22-17(21-15)14-7-9-19-10-8-14/h2-11H,1H3. The number of hydrogen-bond acceptors (Lipinski definition) is 5. The lowest BCUT2D eigenvalue weighted by Gasteiger charge is -1.94. The molecular formula is C18H13N3S2. The Kier molecular flexibility index (Phi) is 3.73. The molecule has 0 aliphatic heterocycles. The minimum absolute atomic E-state index is 0.999. The summed E-state index contributed by atoms with van der Waals surface area (Å²) >= 11 is 3.35. The second kappa shape index (κ2) is 6.02. The maximum atomic E-state index is 4.78. The van der Waals surface area contributed by atoms with Crippen LogP contribution in [-0.2, 0) is 0 Å². The SMILES string of the molecule is Cc1nc(-c2ccccc2)sc1-c1csc(-c2ccncc2)n1. The molecule has 0 unspecified atom stereocenters. The van der Waals surface area contributed by atoms with Gasteiger partial charge in [0.15, 0.2) is 0 Å². The lowest BCUT2D eigenvalue weighted by Crippen LogP contribution is -1.80. The minimum atomic E-state index is 0.999. The lowest BCUT2D eigenvalue weighted by molar-refractivity contribution is 1.26. The molecule has 0 N–H and O–H groups in total. The summed E-state index contributed by atoms with van der Waals surface area (Å²) in [5.74, 6) is 0. The number of aromatic nitrogens is 3. The van der Waals surface area contributed by atoms with E-state index in [1.54, 1.807) is 35.1 Å². The summed E-state index contributed by atoms with van der Waals surface area (Å²) in [6.07, 6.45) is 3.59. The van der Waals surface area contributed by atoms with Gasteiger partial charge < -0.3 is 0 Å². The van der Waals surface area contributed by atoms with E-state index in [2.05, 4.69) is 22.5 Å². The summed E-state index contributed by atoms with van der Waals surface area (Å²) in [5, 5.41) is 4.15. The highest BCUT2D eigenvalue weighted by atomic mass is 32.1. The molecule has 0 saturated heterocycles. The maximum absolute atomic E-state index is 4.78. The average molecular weight is 335 g/mol. The van der Waals surface area contributed by atoms with Crippen LogP contribution in [0.1, 0.15) is 5.69 Å². The van der Waals surface area contributed by atoms with Crippen molar-refractivity contribution in [3.8, 4) is 31.7 Å². The molecule has 0 fully saturated rings. The average Bonchev–Trinajstić information content (AvgIpc) is 3.23. The molecule has 0 aliphatic carbocycles. The maximum Gasteiger partial charge on any atom is 0.124 e. The summed E-state index contributed by atoms with van der Waals surface area (Å²) in [6, 6.07) is 14.2. The van der Waals surface area contributed by atoms with Crippen molar-refractivity contribution in [2.24, 2.45) is 0 Å². The Labute approximate surface area is 142 Å². The number of aryl methyl sites for hydroxylation is 1. The molecule has 0 atom stereocenters. The number of rotatable bonds is 3. The monoisotopic (exact) mass is 335 g/mol. The molecule has 0 spiro atoms. The van der Waals surface area contributed by atoms with Crippen LogP contribution in [0.25, 0.3) is 31.7 Å². The third-order valence-corrected chi connectivity index (χ3v) is 5.60. The van der Waals surface area contributed by atoms with E-state index in [4.69, 9.17) is 9.97 Å². The Bertz CT molecular complexity index is 927. The van der Waals surface area contributed by atoms with E-state index >= 15 is 0 Å². The van der Waals surface area contributed by atoms with Crippen LogP contribution in [0, 0.1) is 6.92 Å². The quantitative estimate of drug-likeness (QED) is 0.509. The fourth-order valence-corrected chi connectivity index (χ4v) is 4.27. The summed E-state index contributed by atoms with van der Waals surface area (Å²) in [4.78, 5) is 14.7. The van der Waals surface area contributed by atoms with Crippen molar-refractivity contribution >= 4 is 22.7 Å². The van der Waals surface area contributed by atoms with Crippen molar-refractivity contribution in [2.75, 3.05) is 0 Å². The van der Waals surface area contributed by atoms with Gasteiger partial charge in [0.1, 0.15) is 10.0 Å². The first-order valence-corrected chi connectivity index (χ1v) is 8.90. The Morgan fingerprint density at radius 1 is 0.826 bits per heavy atom. The van der Waals surface area contributed by atoms with Crippen molar-refractivity contribution in [1.29, 1.82) is 0 Å². The zero-order valence-electron chi connectivity index (χ0n) is 12.4. The molecule has 3 aromatic heterocycles. The molecular weight excluding hydrogens is 322 g/mol. The van der Waals surface area contributed by atoms with Gasteiger partial charge >= 0.3 is 0 Å².